The predicted molar refractivity (Wildman–Crippen MR) is 61.6 cm³/mol. The van der Waals surface area contributed by atoms with E-state index in [0.29, 0.717) is 12.3 Å². The van der Waals surface area contributed by atoms with Crippen LogP contribution in [-0.2, 0) is 4.79 Å². The number of benzene rings is 1. The lowest BCUT2D eigenvalue weighted by Gasteiger charge is -2.14. The second-order valence-electron chi connectivity index (χ2n) is 3.61. The lowest BCUT2D eigenvalue weighted by Crippen LogP contribution is -2.41. The first-order valence-electron chi connectivity index (χ1n) is 5.48. The summed E-state index contributed by atoms with van der Waals surface area (Å²) < 4.78 is 17.9. The number of nitrogens with one attached hydrogen (secondary N) is 1. The molecule has 0 radical (unpaired) electrons. The molecule has 0 amide bonds. The Morgan fingerprint density at radius 1 is 1.47 bits per heavy atom. The molecule has 0 saturated heterocycles. The van der Waals surface area contributed by atoms with Crippen molar-refractivity contribution < 1.29 is 19.0 Å². The number of halogens is 1. The first-order chi connectivity index (χ1) is 8.13. The van der Waals surface area contributed by atoms with Gasteiger partial charge in [0, 0.05) is 0 Å². The van der Waals surface area contributed by atoms with E-state index in [1.807, 2.05) is 6.92 Å². The van der Waals surface area contributed by atoms with Gasteiger partial charge in [0.25, 0.3) is 0 Å². The number of carboxylic acid groups (broad SMARTS) is 1. The van der Waals surface area contributed by atoms with Crippen molar-refractivity contribution in [2.45, 2.75) is 19.4 Å². The van der Waals surface area contributed by atoms with Crippen LogP contribution in [0, 0.1) is 5.82 Å². The van der Waals surface area contributed by atoms with Gasteiger partial charge in [0.15, 0.2) is 0 Å². The van der Waals surface area contributed by atoms with Crippen molar-refractivity contribution in [3.05, 3.63) is 30.1 Å². The van der Waals surface area contributed by atoms with E-state index in [9.17, 15) is 9.18 Å². The van der Waals surface area contributed by atoms with Crippen LogP contribution in [0.5, 0.6) is 5.75 Å². The van der Waals surface area contributed by atoms with Gasteiger partial charge in [-0.2, -0.15) is 0 Å². The highest BCUT2D eigenvalue weighted by Crippen LogP contribution is 2.11. The molecule has 5 heteroatoms. The fourth-order valence-electron chi connectivity index (χ4n) is 1.25. The number of rotatable bonds is 7. The van der Waals surface area contributed by atoms with E-state index < -0.39 is 12.0 Å². The van der Waals surface area contributed by atoms with E-state index in [4.69, 9.17) is 9.84 Å². The molecule has 0 aliphatic carbocycles. The van der Waals surface area contributed by atoms with Gasteiger partial charge in [-0.15, -0.1) is 0 Å². The molecule has 0 heterocycles. The van der Waals surface area contributed by atoms with Crippen molar-refractivity contribution in [1.82, 2.24) is 5.32 Å². The lowest BCUT2D eigenvalue weighted by molar-refractivity contribution is -0.140. The van der Waals surface area contributed by atoms with Gasteiger partial charge in [0.1, 0.15) is 24.2 Å². The summed E-state index contributed by atoms with van der Waals surface area (Å²) >= 11 is 0. The largest absolute Gasteiger partial charge is 0.491 e. The molecule has 0 saturated carbocycles. The summed E-state index contributed by atoms with van der Waals surface area (Å²) in [6, 6.07) is 4.72. The van der Waals surface area contributed by atoms with E-state index in [-0.39, 0.29) is 12.4 Å². The molecule has 0 fully saturated rings. The molecular weight excluding hydrogens is 225 g/mol. The Bertz CT molecular complexity index is 353. The fraction of sp³-hybridized carbons (Fsp3) is 0.417. The topological polar surface area (TPSA) is 58.6 Å². The number of carbonyl (C=O) groups is 1. The maximum Gasteiger partial charge on any atom is 0.324 e. The second-order valence-corrected chi connectivity index (χ2v) is 3.61. The maximum absolute atomic E-state index is 12.6. The Hall–Kier alpha value is -1.62. The van der Waals surface area contributed by atoms with Crippen LogP contribution in [0.4, 0.5) is 4.39 Å². The van der Waals surface area contributed by atoms with E-state index in [0.717, 1.165) is 6.42 Å². The minimum atomic E-state index is -0.958. The van der Waals surface area contributed by atoms with Gasteiger partial charge in [-0.05, 0) is 37.2 Å². The van der Waals surface area contributed by atoms with Crippen LogP contribution in [0.25, 0.3) is 0 Å². The number of carboxylic acids is 1. The molecule has 0 spiro atoms. The van der Waals surface area contributed by atoms with Crippen LogP contribution in [-0.4, -0.2) is 30.3 Å². The van der Waals surface area contributed by atoms with Crippen molar-refractivity contribution in [3.8, 4) is 5.75 Å². The zero-order valence-electron chi connectivity index (χ0n) is 9.65. The Labute approximate surface area is 99.4 Å². The molecule has 1 atom stereocenters. The van der Waals surface area contributed by atoms with Gasteiger partial charge >= 0.3 is 5.97 Å². The van der Waals surface area contributed by atoms with Crippen LogP contribution in [0.15, 0.2) is 24.3 Å². The summed E-state index contributed by atoms with van der Waals surface area (Å²) in [5.74, 6) is -0.854. The summed E-state index contributed by atoms with van der Waals surface area (Å²) in [6.07, 6.45) is 0.848. The minimum Gasteiger partial charge on any atom is -0.491 e. The fourth-order valence-corrected chi connectivity index (χ4v) is 1.25. The summed E-state index contributed by atoms with van der Waals surface area (Å²) in [6.45, 7) is 2.58. The van der Waals surface area contributed by atoms with Crippen molar-refractivity contribution >= 4 is 5.97 Å². The Morgan fingerprint density at radius 3 is 2.65 bits per heavy atom. The smallest absolute Gasteiger partial charge is 0.324 e. The van der Waals surface area contributed by atoms with E-state index in [1.165, 1.54) is 24.3 Å². The van der Waals surface area contributed by atoms with Crippen molar-refractivity contribution in [2.24, 2.45) is 0 Å². The third kappa shape index (κ3) is 4.82. The maximum atomic E-state index is 12.6. The Balaban J connectivity index is 2.45. The second kappa shape index (κ2) is 6.85. The van der Waals surface area contributed by atoms with Gasteiger partial charge in [-0.1, -0.05) is 6.92 Å². The lowest BCUT2D eigenvalue weighted by atomic mass is 10.3. The standard InChI is InChI=1S/C12H16FNO3/c1-2-7-14-11(12(15)16)8-17-10-5-3-9(13)4-6-10/h3-6,11,14H,2,7-8H2,1H3,(H,15,16). The van der Waals surface area contributed by atoms with Crippen molar-refractivity contribution in [2.75, 3.05) is 13.2 Å². The molecule has 1 unspecified atom stereocenters. The molecule has 4 nitrogen and oxygen atoms in total. The molecule has 17 heavy (non-hydrogen) atoms. The number of hydrogen-bond donors (Lipinski definition) is 2. The average Bonchev–Trinajstić information content (AvgIpc) is 2.31. The zero-order valence-corrected chi connectivity index (χ0v) is 9.65. The number of aliphatic carboxylic acids is 1. The minimum absolute atomic E-state index is 0.0148. The van der Waals surface area contributed by atoms with Gasteiger partial charge in [-0.3, -0.25) is 4.79 Å². The van der Waals surface area contributed by atoms with E-state index in [2.05, 4.69) is 5.32 Å². The third-order valence-electron chi connectivity index (χ3n) is 2.17. The molecule has 2 N–H and O–H groups in total. The normalized spacial score (nSPS) is 12.1. The molecule has 0 aliphatic rings. The summed E-state index contributed by atoms with van der Waals surface area (Å²) in [5, 5.41) is 11.8. The highest BCUT2D eigenvalue weighted by molar-refractivity contribution is 5.73. The number of hydrogen-bond acceptors (Lipinski definition) is 3. The van der Waals surface area contributed by atoms with Gasteiger partial charge in [0.05, 0.1) is 0 Å². The van der Waals surface area contributed by atoms with Crippen LogP contribution >= 0.6 is 0 Å². The number of ether oxygens (including phenoxy) is 1. The monoisotopic (exact) mass is 241 g/mol. The molecular formula is C12H16FNO3. The van der Waals surface area contributed by atoms with E-state index >= 15 is 0 Å². The van der Waals surface area contributed by atoms with Crippen molar-refractivity contribution in [1.29, 1.82) is 0 Å². The van der Waals surface area contributed by atoms with Crippen LogP contribution in [0.3, 0.4) is 0 Å². The van der Waals surface area contributed by atoms with Gasteiger partial charge in [-0.25, -0.2) is 4.39 Å². The van der Waals surface area contributed by atoms with Crippen LogP contribution in [0.2, 0.25) is 0 Å². The molecule has 0 aromatic heterocycles. The highest BCUT2D eigenvalue weighted by Gasteiger charge is 2.16. The van der Waals surface area contributed by atoms with Gasteiger partial charge < -0.3 is 15.2 Å². The van der Waals surface area contributed by atoms with Crippen LogP contribution < -0.4 is 10.1 Å². The van der Waals surface area contributed by atoms with Crippen LogP contribution in [0.1, 0.15) is 13.3 Å². The first-order valence-corrected chi connectivity index (χ1v) is 5.48. The zero-order chi connectivity index (χ0) is 12.7. The molecule has 1 rings (SSSR count). The molecule has 1 aromatic rings. The van der Waals surface area contributed by atoms with Crippen molar-refractivity contribution in [3.63, 3.8) is 0 Å². The predicted octanol–water partition coefficient (Wildman–Crippen LogP) is 1.66. The molecule has 0 bridgehead atoms. The quantitative estimate of drug-likeness (QED) is 0.762. The third-order valence-corrected chi connectivity index (χ3v) is 2.17. The SMILES string of the molecule is CCCNC(COc1ccc(F)cc1)C(=O)O. The summed E-state index contributed by atoms with van der Waals surface area (Å²) in [4.78, 5) is 10.9. The van der Waals surface area contributed by atoms with Gasteiger partial charge in [0.2, 0.25) is 0 Å². The van der Waals surface area contributed by atoms with E-state index in [1.54, 1.807) is 0 Å². The molecule has 94 valence electrons. The molecule has 1 aromatic carbocycles. The average molecular weight is 241 g/mol. The summed E-state index contributed by atoms with van der Waals surface area (Å²) in [7, 11) is 0. The Morgan fingerprint density at radius 2 is 2.12 bits per heavy atom. The molecule has 0 aliphatic heterocycles. The summed E-state index contributed by atoms with van der Waals surface area (Å²) in [5.41, 5.74) is 0. The highest BCUT2D eigenvalue weighted by atomic mass is 19.1. The first kappa shape index (κ1) is 13.4. The Kier molecular flexibility index (Phi) is 5.42.